The highest BCUT2D eigenvalue weighted by Crippen LogP contribution is 2.35. The van der Waals surface area contributed by atoms with E-state index in [0.29, 0.717) is 25.8 Å². The SMILES string of the molecule is NC(=O)C1(c2ccccc2)CCN(CC(O)Cc2ccccc2)CC1. The summed E-state index contributed by atoms with van der Waals surface area (Å²) in [7, 11) is 0. The number of piperidine rings is 1. The Morgan fingerprint density at radius 2 is 1.60 bits per heavy atom. The largest absolute Gasteiger partial charge is 0.391 e. The molecule has 2 aromatic rings. The molecule has 1 atom stereocenters. The first kappa shape index (κ1) is 17.6. The monoisotopic (exact) mass is 338 g/mol. The maximum absolute atomic E-state index is 12.2. The van der Waals surface area contributed by atoms with Crippen LogP contribution in [0.15, 0.2) is 60.7 Å². The molecule has 0 radical (unpaired) electrons. The number of β-amino-alcohol motifs (C(OH)–C–C–N with tert-alkyl or cyclic N) is 1. The number of likely N-dealkylation sites (tertiary alicyclic amines) is 1. The third-order valence-corrected chi connectivity index (χ3v) is 5.29. The molecule has 4 heteroatoms. The zero-order valence-corrected chi connectivity index (χ0v) is 14.5. The van der Waals surface area contributed by atoms with Crippen molar-refractivity contribution in [3.8, 4) is 0 Å². The minimum atomic E-state index is -0.581. The van der Waals surface area contributed by atoms with Gasteiger partial charge in [0.05, 0.1) is 11.5 Å². The van der Waals surface area contributed by atoms with Crippen LogP contribution >= 0.6 is 0 Å². The summed E-state index contributed by atoms with van der Waals surface area (Å²) in [4.78, 5) is 14.4. The molecule has 1 aliphatic heterocycles. The maximum atomic E-state index is 12.2. The molecule has 1 fully saturated rings. The fourth-order valence-corrected chi connectivity index (χ4v) is 3.80. The van der Waals surface area contributed by atoms with Crippen molar-refractivity contribution in [3.05, 3.63) is 71.8 Å². The summed E-state index contributed by atoms with van der Waals surface area (Å²) >= 11 is 0. The summed E-state index contributed by atoms with van der Waals surface area (Å²) < 4.78 is 0. The number of amides is 1. The van der Waals surface area contributed by atoms with Crippen LogP contribution in [-0.4, -0.2) is 41.7 Å². The van der Waals surface area contributed by atoms with Crippen molar-refractivity contribution in [1.82, 2.24) is 4.90 Å². The van der Waals surface area contributed by atoms with Gasteiger partial charge in [-0.15, -0.1) is 0 Å². The van der Waals surface area contributed by atoms with E-state index in [2.05, 4.69) is 4.90 Å². The molecular formula is C21H26N2O2. The van der Waals surface area contributed by atoms with Gasteiger partial charge in [-0.3, -0.25) is 4.79 Å². The highest BCUT2D eigenvalue weighted by Gasteiger charge is 2.41. The third-order valence-electron chi connectivity index (χ3n) is 5.29. The third kappa shape index (κ3) is 4.09. The van der Waals surface area contributed by atoms with E-state index in [1.807, 2.05) is 60.7 Å². The van der Waals surface area contributed by atoms with E-state index >= 15 is 0 Å². The summed E-state index contributed by atoms with van der Waals surface area (Å²) in [6.45, 7) is 2.16. The van der Waals surface area contributed by atoms with E-state index in [1.54, 1.807) is 0 Å². The number of aliphatic hydroxyl groups is 1. The second-order valence-corrected chi connectivity index (χ2v) is 6.96. The van der Waals surface area contributed by atoms with Gasteiger partial charge in [0.25, 0.3) is 0 Å². The van der Waals surface area contributed by atoms with Crippen molar-refractivity contribution in [2.45, 2.75) is 30.8 Å². The number of carbonyl (C=O) groups is 1. The first-order valence-corrected chi connectivity index (χ1v) is 8.90. The second kappa shape index (κ2) is 7.81. The topological polar surface area (TPSA) is 66.6 Å². The number of hydrogen-bond donors (Lipinski definition) is 2. The van der Waals surface area contributed by atoms with E-state index < -0.39 is 11.5 Å². The van der Waals surface area contributed by atoms with Crippen LogP contribution in [-0.2, 0) is 16.6 Å². The number of hydrogen-bond acceptors (Lipinski definition) is 3. The fraction of sp³-hybridized carbons (Fsp3) is 0.381. The van der Waals surface area contributed by atoms with Gasteiger partial charge in [0.2, 0.25) is 5.91 Å². The summed E-state index contributed by atoms with van der Waals surface area (Å²) in [5.41, 5.74) is 7.34. The Hall–Kier alpha value is -2.17. The molecule has 0 aromatic heterocycles. The zero-order valence-electron chi connectivity index (χ0n) is 14.5. The number of benzene rings is 2. The molecular weight excluding hydrogens is 312 g/mol. The van der Waals surface area contributed by atoms with Crippen LogP contribution in [0.25, 0.3) is 0 Å². The number of primary amides is 1. The normalized spacial score (nSPS) is 18.6. The Bertz CT molecular complexity index is 680. The molecule has 0 bridgehead atoms. The van der Waals surface area contributed by atoms with Gasteiger partial charge < -0.3 is 15.7 Å². The van der Waals surface area contributed by atoms with Gasteiger partial charge in [0, 0.05) is 6.54 Å². The molecule has 4 nitrogen and oxygen atoms in total. The second-order valence-electron chi connectivity index (χ2n) is 6.96. The van der Waals surface area contributed by atoms with E-state index in [0.717, 1.165) is 24.2 Å². The standard InChI is InChI=1S/C21H26N2O2/c22-20(25)21(18-9-5-2-6-10-18)11-13-23(14-12-21)16-19(24)15-17-7-3-1-4-8-17/h1-10,19,24H,11-16H2,(H2,22,25). The predicted molar refractivity (Wildman–Crippen MR) is 99.1 cm³/mol. The molecule has 1 unspecified atom stereocenters. The Morgan fingerprint density at radius 1 is 1.04 bits per heavy atom. The maximum Gasteiger partial charge on any atom is 0.228 e. The summed E-state index contributed by atoms with van der Waals surface area (Å²) in [5.74, 6) is -0.247. The van der Waals surface area contributed by atoms with Crippen LogP contribution in [0.5, 0.6) is 0 Å². The molecule has 2 aromatic carbocycles. The molecule has 1 saturated heterocycles. The molecule has 25 heavy (non-hydrogen) atoms. The van der Waals surface area contributed by atoms with Crippen LogP contribution in [0.1, 0.15) is 24.0 Å². The van der Waals surface area contributed by atoms with Gasteiger partial charge in [-0.25, -0.2) is 0 Å². The molecule has 1 amide bonds. The lowest BCUT2D eigenvalue weighted by Gasteiger charge is -2.40. The average molecular weight is 338 g/mol. The minimum Gasteiger partial charge on any atom is -0.391 e. The van der Waals surface area contributed by atoms with Crippen molar-refractivity contribution >= 4 is 5.91 Å². The molecule has 3 N–H and O–H groups in total. The average Bonchev–Trinajstić information content (AvgIpc) is 2.64. The van der Waals surface area contributed by atoms with Crippen molar-refractivity contribution in [1.29, 1.82) is 0 Å². The lowest BCUT2D eigenvalue weighted by Crippen LogP contribution is -2.51. The quantitative estimate of drug-likeness (QED) is 0.848. The molecule has 3 rings (SSSR count). The van der Waals surface area contributed by atoms with E-state index in [1.165, 1.54) is 0 Å². The molecule has 0 saturated carbocycles. The predicted octanol–water partition coefficient (Wildman–Crippen LogP) is 2.11. The fourth-order valence-electron chi connectivity index (χ4n) is 3.80. The van der Waals surface area contributed by atoms with Crippen molar-refractivity contribution in [2.24, 2.45) is 5.73 Å². The highest BCUT2D eigenvalue weighted by atomic mass is 16.3. The van der Waals surface area contributed by atoms with Gasteiger partial charge in [-0.2, -0.15) is 0 Å². The van der Waals surface area contributed by atoms with Gasteiger partial charge in [-0.1, -0.05) is 60.7 Å². The number of nitrogens with two attached hydrogens (primary N) is 1. The summed E-state index contributed by atoms with van der Waals surface area (Å²) in [5, 5.41) is 10.4. The molecule has 0 aliphatic carbocycles. The Labute approximate surface area is 149 Å². The highest BCUT2D eigenvalue weighted by molar-refractivity contribution is 5.86. The Balaban J connectivity index is 1.60. The first-order valence-electron chi connectivity index (χ1n) is 8.90. The number of aliphatic hydroxyl groups excluding tert-OH is 1. The first-order chi connectivity index (χ1) is 12.1. The van der Waals surface area contributed by atoms with Crippen LogP contribution < -0.4 is 5.73 Å². The molecule has 132 valence electrons. The smallest absolute Gasteiger partial charge is 0.228 e. The molecule has 1 aliphatic rings. The Morgan fingerprint density at radius 3 is 2.16 bits per heavy atom. The number of carbonyl (C=O) groups excluding carboxylic acids is 1. The van der Waals surface area contributed by atoms with Gasteiger partial charge in [0.1, 0.15) is 0 Å². The molecule has 1 heterocycles. The van der Waals surface area contributed by atoms with Gasteiger partial charge >= 0.3 is 0 Å². The lowest BCUT2D eigenvalue weighted by atomic mass is 9.72. The number of nitrogens with zero attached hydrogens (tertiary/aromatic N) is 1. The summed E-state index contributed by atoms with van der Waals surface area (Å²) in [6, 6.07) is 19.9. The van der Waals surface area contributed by atoms with E-state index in [9.17, 15) is 9.90 Å². The minimum absolute atomic E-state index is 0.247. The van der Waals surface area contributed by atoms with Gasteiger partial charge in [-0.05, 0) is 43.5 Å². The van der Waals surface area contributed by atoms with Crippen LogP contribution in [0.4, 0.5) is 0 Å². The van der Waals surface area contributed by atoms with Crippen LogP contribution in [0.2, 0.25) is 0 Å². The van der Waals surface area contributed by atoms with Crippen molar-refractivity contribution in [2.75, 3.05) is 19.6 Å². The number of rotatable bonds is 6. The van der Waals surface area contributed by atoms with Crippen molar-refractivity contribution in [3.63, 3.8) is 0 Å². The van der Waals surface area contributed by atoms with E-state index in [4.69, 9.17) is 5.73 Å². The van der Waals surface area contributed by atoms with Crippen molar-refractivity contribution < 1.29 is 9.90 Å². The van der Waals surface area contributed by atoms with Crippen LogP contribution in [0.3, 0.4) is 0 Å². The molecule has 0 spiro atoms. The summed E-state index contributed by atoms with van der Waals surface area (Å²) in [6.07, 6.45) is 1.64. The van der Waals surface area contributed by atoms with Crippen LogP contribution in [0, 0.1) is 0 Å². The lowest BCUT2D eigenvalue weighted by molar-refractivity contribution is -0.125. The van der Waals surface area contributed by atoms with Gasteiger partial charge in [0.15, 0.2) is 0 Å². The zero-order chi connectivity index (χ0) is 17.7. The van der Waals surface area contributed by atoms with E-state index in [-0.39, 0.29) is 5.91 Å². The Kier molecular flexibility index (Phi) is 5.51.